The summed E-state index contributed by atoms with van der Waals surface area (Å²) in [5.74, 6) is -1.91. The molecule has 0 saturated heterocycles. The third-order valence-corrected chi connectivity index (χ3v) is 2.17. The van der Waals surface area contributed by atoms with E-state index in [4.69, 9.17) is 15.6 Å². The summed E-state index contributed by atoms with van der Waals surface area (Å²) in [6.45, 7) is 0. The van der Waals surface area contributed by atoms with Gasteiger partial charge in [-0.25, -0.2) is 9.59 Å². The summed E-state index contributed by atoms with van der Waals surface area (Å²) in [6, 6.07) is 6.64. The van der Waals surface area contributed by atoms with Gasteiger partial charge in [-0.15, -0.1) is 0 Å². The monoisotopic (exact) mass is 272 g/mol. The lowest BCUT2D eigenvalue weighted by atomic mass is 10.1. The SMILES string of the molecule is COC(=O)c1ccc(C(=O)O)cc1NN=C(C#N)C#N. The Hall–Kier alpha value is -3.39. The molecule has 0 aliphatic heterocycles. The van der Waals surface area contributed by atoms with Crippen LogP contribution < -0.4 is 5.43 Å². The molecular weight excluding hydrogens is 264 g/mol. The van der Waals surface area contributed by atoms with E-state index in [0.717, 1.165) is 13.2 Å². The maximum absolute atomic E-state index is 11.5. The third-order valence-electron chi connectivity index (χ3n) is 2.17. The van der Waals surface area contributed by atoms with Crippen molar-refractivity contribution in [3.63, 3.8) is 0 Å². The van der Waals surface area contributed by atoms with Gasteiger partial charge in [0.2, 0.25) is 5.71 Å². The van der Waals surface area contributed by atoms with Gasteiger partial charge in [0.25, 0.3) is 0 Å². The Morgan fingerprint density at radius 3 is 2.50 bits per heavy atom. The summed E-state index contributed by atoms with van der Waals surface area (Å²) in [6.07, 6.45) is 0. The topological polar surface area (TPSA) is 136 Å². The Morgan fingerprint density at radius 2 is 2.00 bits per heavy atom. The average Bonchev–Trinajstić information content (AvgIpc) is 2.47. The van der Waals surface area contributed by atoms with Crippen LogP contribution in [0.5, 0.6) is 0 Å². The number of hydrogen-bond donors (Lipinski definition) is 2. The number of carbonyl (C=O) groups is 2. The molecule has 1 aromatic rings. The fraction of sp³-hybridized carbons (Fsp3) is 0.0833. The second-order valence-corrected chi connectivity index (χ2v) is 3.35. The van der Waals surface area contributed by atoms with Crippen LogP contribution in [0.3, 0.4) is 0 Å². The lowest BCUT2D eigenvalue weighted by molar-refractivity contribution is 0.0599. The molecule has 1 aromatic carbocycles. The van der Waals surface area contributed by atoms with Crippen LogP contribution in [-0.2, 0) is 4.74 Å². The van der Waals surface area contributed by atoms with Crippen LogP contribution in [0.2, 0.25) is 0 Å². The van der Waals surface area contributed by atoms with Crippen molar-refractivity contribution in [2.45, 2.75) is 0 Å². The normalized spacial score (nSPS) is 8.75. The van der Waals surface area contributed by atoms with E-state index < -0.39 is 17.7 Å². The first kappa shape index (κ1) is 14.7. The van der Waals surface area contributed by atoms with Gasteiger partial charge in [0.1, 0.15) is 12.1 Å². The average molecular weight is 272 g/mol. The van der Waals surface area contributed by atoms with Crippen molar-refractivity contribution >= 4 is 23.3 Å². The fourth-order valence-corrected chi connectivity index (χ4v) is 1.25. The fourth-order valence-electron chi connectivity index (χ4n) is 1.25. The zero-order valence-electron chi connectivity index (χ0n) is 10.2. The highest BCUT2D eigenvalue weighted by molar-refractivity contribution is 6.10. The molecule has 0 radical (unpaired) electrons. The number of esters is 1. The van der Waals surface area contributed by atoms with Gasteiger partial charge in [-0.1, -0.05) is 0 Å². The van der Waals surface area contributed by atoms with Gasteiger partial charge < -0.3 is 9.84 Å². The number of carbonyl (C=O) groups excluding carboxylic acids is 1. The number of benzene rings is 1. The number of rotatable bonds is 4. The van der Waals surface area contributed by atoms with E-state index in [9.17, 15) is 9.59 Å². The molecule has 8 heteroatoms. The van der Waals surface area contributed by atoms with Gasteiger partial charge in [-0.2, -0.15) is 15.6 Å². The van der Waals surface area contributed by atoms with Crippen LogP contribution in [-0.4, -0.2) is 29.9 Å². The summed E-state index contributed by atoms with van der Waals surface area (Å²) in [5.41, 5.74) is 1.78. The molecule has 0 saturated carbocycles. The summed E-state index contributed by atoms with van der Waals surface area (Å²) in [5, 5.41) is 29.4. The van der Waals surface area contributed by atoms with Crippen LogP contribution >= 0.6 is 0 Å². The lowest BCUT2D eigenvalue weighted by Crippen LogP contribution is -2.08. The van der Waals surface area contributed by atoms with Crippen molar-refractivity contribution in [2.75, 3.05) is 12.5 Å². The number of carboxylic acids is 1. The Balaban J connectivity index is 3.26. The molecule has 0 aliphatic carbocycles. The van der Waals surface area contributed by atoms with Crippen molar-refractivity contribution in [3.05, 3.63) is 29.3 Å². The number of nitriles is 2. The molecule has 100 valence electrons. The minimum Gasteiger partial charge on any atom is -0.478 e. The highest BCUT2D eigenvalue weighted by Crippen LogP contribution is 2.19. The lowest BCUT2D eigenvalue weighted by Gasteiger charge is -2.08. The molecular formula is C12H8N4O4. The van der Waals surface area contributed by atoms with Crippen molar-refractivity contribution in [2.24, 2.45) is 5.10 Å². The number of hydrazone groups is 1. The highest BCUT2D eigenvalue weighted by atomic mass is 16.5. The van der Waals surface area contributed by atoms with Crippen LogP contribution in [0.1, 0.15) is 20.7 Å². The van der Waals surface area contributed by atoms with E-state index in [1.54, 1.807) is 0 Å². The Labute approximate surface area is 113 Å². The maximum Gasteiger partial charge on any atom is 0.340 e. The molecule has 1 rings (SSSR count). The molecule has 0 unspecified atom stereocenters. The molecule has 20 heavy (non-hydrogen) atoms. The van der Waals surface area contributed by atoms with Crippen molar-refractivity contribution in [1.29, 1.82) is 10.5 Å². The standard InChI is InChI=1S/C12H8N4O4/c1-20-12(19)9-3-2-7(11(17)18)4-10(9)16-15-8(5-13)6-14/h2-4,16H,1H3,(H,17,18). The van der Waals surface area contributed by atoms with Crippen molar-refractivity contribution in [3.8, 4) is 12.1 Å². The molecule has 0 bridgehead atoms. The van der Waals surface area contributed by atoms with Gasteiger partial charge in [0.05, 0.1) is 23.9 Å². The highest BCUT2D eigenvalue weighted by Gasteiger charge is 2.14. The number of anilines is 1. The van der Waals surface area contributed by atoms with E-state index in [1.807, 2.05) is 0 Å². The summed E-state index contributed by atoms with van der Waals surface area (Å²) >= 11 is 0. The summed E-state index contributed by atoms with van der Waals surface area (Å²) < 4.78 is 4.53. The van der Waals surface area contributed by atoms with Gasteiger partial charge in [-0.3, -0.25) is 5.43 Å². The van der Waals surface area contributed by atoms with Crippen molar-refractivity contribution < 1.29 is 19.4 Å². The van der Waals surface area contributed by atoms with Crippen LogP contribution in [0, 0.1) is 22.7 Å². The number of nitrogens with zero attached hydrogens (tertiary/aromatic N) is 3. The number of carboxylic acid groups (broad SMARTS) is 1. The molecule has 0 heterocycles. The number of ether oxygens (including phenoxy) is 1. The first-order valence-electron chi connectivity index (χ1n) is 5.13. The molecule has 0 aromatic heterocycles. The zero-order valence-corrected chi connectivity index (χ0v) is 10.2. The number of nitrogens with one attached hydrogen (secondary N) is 1. The largest absolute Gasteiger partial charge is 0.478 e. The Morgan fingerprint density at radius 1 is 1.35 bits per heavy atom. The minimum absolute atomic E-state index is 0.0137. The van der Waals surface area contributed by atoms with E-state index >= 15 is 0 Å². The van der Waals surface area contributed by atoms with Gasteiger partial charge in [0, 0.05) is 0 Å². The second kappa shape index (κ2) is 6.52. The molecule has 0 atom stereocenters. The van der Waals surface area contributed by atoms with E-state index in [0.29, 0.717) is 0 Å². The number of methoxy groups -OCH3 is 1. The molecule has 2 N–H and O–H groups in total. The molecule has 8 nitrogen and oxygen atoms in total. The Kier molecular flexibility index (Phi) is 4.78. The molecule has 0 aliphatic rings. The predicted octanol–water partition coefficient (Wildman–Crippen LogP) is 0.986. The summed E-state index contributed by atoms with van der Waals surface area (Å²) in [4.78, 5) is 22.4. The first-order chi connectivity index (χ1) is 9.53. The van der Waals surface area contributed by atoms with Crippen molar-refractivity contribution in [1.82, 2.24) is 0 Å². The second-order valence-electron chi connectivity index (χ2n) is 3.35. The van der Waals surface area contributed by atoms with Gasteiger partial charge in [0.15, 0.2) is 0 Å². The van der Waals surface area contributed by atoms with E-state index in [-0.39, 0.29) is 16.8 Å². The maximum atomic E-state index is 11.5. The predicted molar refractivity (Wildman–Crippen MR) is 67.0 cm³/mol. The molecule has 0 fully saturated rings. The first-order valence-corrected chi connectivity index (χ1v) is 5.13. The smallest absolute Gasteiger partial charge is 0.340 e. The van der Waals surface area contributed by atoms with Gasteiger partial charge >= 0.3 is 11.9 Å². The minimum atomic E-state index is -1.20. The number of hydrogen-bond acceptors (Lipinski definition) is 7. The quantitative estimate of drug-likeness (QED) is 0.473. The molecule has 0 spiro atoms. The Bertz CT molecular complexity index is 651. The summed E-state index contributed by atoms with van der Waals surface area (Å²) in [7, 11) is 1.16. The van der Waals surface area contributed by atoms with Crippen LogP contribution in [0.25, 0.3) is 0 Å². The van der Waals surface area contributed by atoms with E-state index in [1.165, 1.54) is 24.3 Å². The molecule has 0 amide bonds. The zero-order chi connectivity index (χ0) is 15.1. The van der Waals surface area contributed by atoms with E-state index in [2.05, 4.69) is 15.3 Å². The number of aromatic carboxylic acids is 1. The van der Waals surface area contributed by atoms with Crippen LogP contribution in [0.4, 0.5) is 5.69 Å². The van der Waals surface area contributed by atoms with Crippen LogP contribution in [0.15, 0.2) is 23.3 Å². The third kappa shape index (κ3) is 3.31. The van der Waals surface area contributed by atoms with Gasteiger partial charge in [-0.05, 0) is 18.2 Å².